The van der Waals surface area contributed by atoms with E-state index >= 15 is 0 Å². The number of carbonyl (C=O) groups excluding carboxylic acids is 1. The average molecular weight is 400 g/mol. The second kappa shape index (κ2) is 9.01. The van der Waals surface area contributed by atoms with Gasteiger partial charge in [-0.25, -0.2) is 4.79 Å². The van der Waals surface area contributed by atoms with Gasteiger partial charge in [-0.3, -0.25) is 0 Å². The van der Waals surface area contributed by atoms with E-state index < -0.39 is 5.97 Å². The molecule has 0 aliphatic carbocycles. The molecule has 9 heteroatoms. The Morgan fingerprint density at radius 3 is 2.75 bits per heavy atom. The van der Waals surface area contributed by atoms with Crippen LogP contribution in [0.5, 0.6) is 5.75 Å². The Kier molecular flexibility index (Phi) is 6.23. The third-order valence-corrected chi connectivity index (χ3v) is 3.95. The minimum Gasteiger partial charge on any atom is -0.495 e. The van der Waals surface area contributed by atoms with Gasteiger partial charge in [0.2, 0.25) is 5.95 Å². The molecule has 0 radical (unpaired) electrons. The van der Waals surface area contributed by atoms with Gasteiger partial charge in [-0.05, 0) is 37.3 Å². The fourth-order valence-electron chi connectivity index (χ4n) is 2.41. The molecule has 3 rings (SSSR count). The van der Waals surface area contributed by atoms with Crippen LogP contribution in [0.3, 0.4) is 0 Å². The minimum atomic E-state index is -0.430. The molecule has 2 aromatic carbocycles. The average Bonchev–Trinajstić information content (AvgIpc) is 2.69. The molecule has 8 nitrogen and oxygen atoms in total. The molecule has 0 amide bonds. The Bertz CT molecular complexity index is 983. The molecule has 1 aromatic heterocycles. The van der Waals surface area contributed by atoms with E-state index in [-0.39, 0.29) is 12.6 Å². The van der Waals surface area contributed by atoms with Crippen LogP contribution in [0.1, 0.15) is 17.3 Å². The Morgan fingerprint density at radius 1 is 1.18 bits per heavy atom. The van der Waals surface area contributed by atoms with Crippen LogP contribution in [0.25, 0.3) is 0 Å². The van der Waals surface area contributed by atoms with E-state index in [0.717, 1.165) is 0 Å². The third kappa shape index (κ3) is 4.66. The quantitative estimate of drug-likeness (QED) is 0.570. The first-order chi connectivity index (χ1) is 13.6. The number of nitrogens with one attached hydrogen (secondary N) is 2. The number of para-hydroxylation sites is 1. The number of carbonyl (C=O) groups is 1. The van der Waals surface area contributed by atoms with Crippen LogP contribution in [0, 0.1) is 0 Å². The van der Waals surface area contributed by atoms with Crippen LogP contribution in [0.15, 0.2) is 48.7 Å². The van der Waals surface area contributed by atoms with E-state index in [4.69, 9.17) is 21.1 Å². The predicted octanol–water partition coefficient (Wildman–Crippen LogP) is 4.20. The van der Waals surface area contributed by atoms with Gasteiger partial charge in [0, 0.05) is 5.69 Å². The maximum Gasteiger partial charge on any atom is 0.340 e. The van der Waals surface area contributed by atoms with E-state index in [2.05, 4.69) is 25.8 Å². The highest BCUT2D eigenvalue weighted by Crippen LogP contribution is 2.28. The van der Waals surface area contributed by atoms with Gasteiger partial charge in [-0.15, -0.1) is 5.10 Å². The van der Waals surface area contributed by atoms with Crippen LogP contribution in [-0.4, -0.2) is 34.9 Å². The Hall–Kier alpha value is -3.39. The van der Waals surface area contributed by atoms with Gasteiger partial charge in [0.25, 0.3) is 0 Å². The zero-order valence-electron chi connectivity index (χ0n) is 15.3. The van der Waals surface area contributed by atoms with E-state index in [1.807, 2.05) is 0 Å². The number of benzene rings is 2. The lowest BCUT2D eigenvalue weighted by Gasteiger charge is -2.11. The van der Waals surface area contributed by atoms with Crippen LogP contribution in [-0.2, 0) is 4.74 Å². The van der Waals surface area contributed by atoms with Crippen molar-refractivity contribution in [3.8, 4) is 5.75 Å². The lowest BCUT2D eigenvalue weighted by molar-refractivity contribution is 0.0527. The molecule has 0 atom stereocenters. The van der Waals surface area contributed by atoms with Crippen LogP contribution in [0.4, 0.5) is 23.1 Å². The third-order valence-electron chi connectivity index (χ3n) is 3.65. The molecule has 0 bridgehead atoms. The number of hydrogen-bond donors (Lipinski definition) is 2. The maximum absolute atomic E-state index is 12.1. The zero-order chi connectivity index (χ0) is 19.9. The molecule has 0 unspecified atom stereocenters. The molecule has 0 fully saturated rings. The number of hydrogen-bond acceptors (Lipinski definition) is 8. The van der Waals surface area contributed by atoms with Crippen molar-refractivity contribution in [1.29, 1.82) is 0 Å². The van der Waals surface area contributed by atoms with Crippen molar-refractivity contribution < 1.29 is 14.3 Å². The second-order valence-corrected chi connectivity index (χ2v) is 5.94. The van der Waals surface area contributed by atoms with Gasteiger partial charge in [0.1, 0.15) is 5.75 Å². The minimum absolute atomic E-state index is 0.223. The maximum atomic E-state index is 12.1. The summed E-state index contributed by atoms with van der Waals surface area (Å²) in [4.78, 5) is 16.5. The zero-order valence-corrected chi connectivity index (χ0v) is 16.0. The first-order valence-corrected chi connectivity index (χ1v) is 8.82. The van der Waals surface area contributed by atoms with Gasteiger partial charge < -0.3 is 20.1 Å². The highest BCUT2D eigenvalue weighted by atomic mass is 35.5. The lowest BCUT2D eigenvalue weighted by Crippen LogP contribution is -2.09. The fourth-order valence-corrected chi connectivity index (χ4v) is 2.67. The number of ether oxygens (including phenoxy) is 2. The molecule has 2 N–H and O–H groups in total. The summed E-state index contributed by atoms with van der Waals surface area (Å²) in [6, 6.07) is 12.2. The summed E-state index contributed by atoms with van der Waals surface area (Å²) >= 11 is 6.14. The molecule has 0 aliphatic heterocycles. The summed E-state index contributed by atoms with van der Waals surface area (Å²) in [6.07, 6.45) is 1.47. The lowest BCUT2D eigenvalue weighted by atomic mass is 10.2. The number of aromatic nitrogens is 3. The summed E-state index contributed by atoms with van der Waals surface area (Å²) in [5, 5.41) is 14.4. The Labute approximate surface area is 166 Å². The van der Waals surface area contributed by atoms with Gasteiger partial charge in [-0.2, -0.15) is 10.1 Å². The second-order valence-electron chi connectivity index (χ2n) is 5.53. The topological polar surface area (TPSA) is 98.3 Å². The van der Waals surface area contributed by atoms with E-state index in [1.54, 1.807) is 56.5 Å². The first kappa shape index (κ1) is 19.4. The van der Waals surface area contributed by atoms with E-state index in [0.29, 0.717) is 33.5 Å². The number of anilines is 4. The molecular formula is C19H18ClN5O3. The van der Waals surface area contributed by atoms with E-state index in [1.165, 1.54) is 6.20 Å². The molecule has 3 aromatic rings. The molecule has 28 heavy (non-hydrogen) atoms. The summed E-state index contributed by atoms with van der Waals surface area (Å²) in [5.41, 5.74) is 1.62. The summed E-state index contributed by atoms with van der Waals surface area (Å²) in [6.45, 7) is 2.04. The van der Waals surface area contributed by atoms with Crippen LogP contribution in [0.2, 0.25) is 5.02 Å². The standard InChI is InChI=1S/C19H18ClN5O3/c1-3-28-18(26)13-6-4-5-7-15(13)23-19-24-17(11-21-25-19)22-12-8-9-16(27-2)14(20)10-12/h4-11H,3H2,1-2H3,(H2,22,23,24,25). The van der Waals surface area contributed by atoms with Gasteiger partial charge in [0.15, 0.2) is 5.82 Å². The number of rotatable bonds is 7. The molecule has 0 saturated carbocycles. The van der Waals surface area contributed by atoms with Crippen LogP contribution < -0.4 is 15.4 Å². The molecule has 0 spiro atoms. The highest BCUT2D eigenvalue weighted by Gasteiger charge is 2.13. The number of methoxy groups -OCH3 is 1. The predicted molar refractivity (Wildman–Crippen MR) is 107 cm³/mol. The SMILES string of the molecule is CCOC(=O)c1ccccc1Nc1nncc(Nc2ccc(OC)c(Cl)c2)n1. The van der Waals surface area contributed by atoms with Crippen molar-refractivity contribution in [3.05, 3.63) is 59.2 Å². The van der Waals surface area contributed by atoms with Crippen molar-refractivity contribution in [2.75, 3.05) is 24.4 Å². The molecule has 0 saturated heterocycles. The van der Waals surface area contributed by atoms with Crippen molar-refractivity contribution in [2.24, 2.45) is 0 Å². The summed E-state index contributed by atoms with van der Waals surface area (Å²) < 4.78 is 10.2. The first-order valence-electron chi connectivity index (χ1n) is 8.44. The summed E-state index contributed by atoms with van der Waals surface area (Å²) in [5.74, 6) is 0.820. The van der Waals surface area contributed by atoms with Crippen molar-refractivity contribution in [2.45, 2.75) is 6.92 Å². The van der Waals surface area contributed by atoms with Gasteiger partial charge in [0.05, 0.1) is 36.2 Å². The van der Waals surface area contributed by atoms with Gasteiger partial charge >= 0.3 is 5.97 Å². The monoisotopic (exact) mass is 399 g/mol. The summed E-state index contributed by atoms with van der Waals surface area (Å²) in [7, 11) is 1.55. The van der Waals surface area contributed by atoms with Gasteiger partial charge in [-0.1, -0.05) is 23.7 Å². The van der Waals surface area contributed by atoms with Crippen molar-refractivity contribution in [3.63, 3.8) is 0 Å². The highest BCUT2D eigenvalue weighted by molar-refractivity contribution is 6.32. The number of halogens is 1. The van der Waals surface area contributed by atoms with Crippen LogP contribution >= 0.6 is 11.6 Å². The molecule has 1 heterocycles. The molecular weight excluding hydrogens is 382 g/mol. The van der Waals surface area contributed by atoms with Crippen molar-refractivity contribution >= 4 is 40.7 Å². The molecule has 0 aliphatic rings. The largest absolute Gasteiger partial charge is 0.495 e. The number of nitrogens with zero attached hydrogens (tertiary/aromatic N) is 3. The van der Waals surface area contributed by atoms with E-state index in [9.17, 15) is 4.79 Å². The normalized spacial score (nSPS) is 10.2. The smallest absolute Gasteiger partial charge is 0.340 e. The Balaban J connectivity index is 1.79. The fraction of sp³-hybridized carbons (Fsp3) is 0.158. The Morgan fingerprint density at radius 2 is 2.00 bits per heavy atom. The molecule has 144 valence electrons. The number of esters is 1. The van der Waals surface area contributed by atoms with Crippen molar-refractivity contribution in [1.82, 2.24) is 15.2 Å².